The highest BCUT2D eigenvalue weighted by Crippen LogP contribution is 2.24. The zero-order valence-electron chi connectivity index (χ0n) is 16.5. The van der Waals surface area contributed by atoms with Crippen molar-refractivity contribution in [2.45, 2.75) is 33.2 Å². The maximum absolute atomic E-state index is 12.7. The third-order valence-corrected chi connectivity index (χ3v) is 4.45. The number of carbonyl (C=O) groups is 1. The zero-order chi connectivity index (χ0) is 21.0. The lowest BCUT2D eigenvalue weighted by Crippen LogP contribution is -2.35. The van der Waals surface area contributed by atoms with Crippen LogP contribution >= 0.6 is 11.6 Å². The van der Waals surface area contributed by atoms with E-state index in [2.05, 4.69) is 39.7 Å². The van der Waals surface area contributed by atoms with Crippen molar-refractivity contribution in [3.63, 3.8) is 0 Å². The van der Waals surface area contributed by atoms with Gasteiger partial charge in [-0.2, -0.15) is 4.68 Å². The molecule has 0 fully saturated rings. The van der Waals surface area contributed by atoms with E-state index in [1.54, 1.807) is 42.1 Å². The summed E-state index contributed by atoms with van der Waals surface area (Å²) < 4.78 is 1.63. The van der Waals surface area contributed by atoms with Gasteiger partial charge >= 0.3 is 0 Å². The Labute approximate surface area is 173 Å². The number of hydrogen-bond donors (Lipinski definition) is 2. The van der Waals surface area contributed by atoms with Crippen molar-refractivity contribution in [1.29, 1.82) is 0 Å². The molecular weight excluding hydrogens is 392 g/mol. The monoisotopic (exact) mass is 414 g/mol. The first-order valence-electron chi connectivity index (χ1n) is 9.33. The summed E-state index contributed by atoms with van der Waals surface area (Å²) in [5.74, 6) is 0.771. The first kappa shape index (κ1) is 20.9. The van der Waals surface area contributed by atoms with Crippen LogP contribution in [0.1, 0.15) is 37.0 Å². The van der Waals surface area contributed by atoms with Gasteiger partial charge in [-0.15, -0.1) is 5.10 Å². The summed E-state index contributed by atoms with van der Waals surface area (Å²) >= 11 is 5.95. The molecule has 8 nitrogen and oxygen atoms in total. The molecule has 2 aromatic heterocycles. The van der Waals surface area contributed by atoms with E-state index in [1.807, 2.05) is 6.07 Å². The summed E-state index contributed by atoms with van der Waals surface area (Å²) in [6, 6.07) is 8.50. The molecule has 3 rings (SSSR count). The lowest BCUT2D eigenvalue weighted by molar-refractivity contribution is 0.0922. The topological polar surface area (TPSA) is 106 Å². The maximum Gasteiger partial charge on any atom is 0.251 e. The number of rotatable bonds is 7. The van der Waals surface area contributed by atoms with Gasteiger partial charge in [-0.05, 0) is 53.6 Å². The summed E-state index contributed by atoms with van der Waals surface area (Å²) in [4.78, 5) is 17.1. The minimum absolute atomic E-state index is 0.150. The van der Waals surface area contributed by atoms with E-state index in [1.165, 1.54) is 0 Å². The Kier molecular flexibility index (Phi) is 6.56. The number of nitrogens with one attached hydrogen (secondary N) is 1. The number of aliphatic hydroxyl groups is 1. The van der Waals surface area contributed by atoms with E-state index in [0.717, 1.165) is 5.56 Å². The number of carbonyl (C=O) groups excluding carboxylic acids is 1. The summed E-state index contributed by atoms with van der Waals surface area (Å²) in [5.41, 5.74) is 2.47. The van der Waals surface area contributed by atoms with Crippen molar-refractivity contribution < 1.29 is 9.90 Å². The lowest BCUT2D eigenvalue weighted by atomic mass is 10.0. The number of halogens is 1. The van der Waals surface area contributed by atoms with Crippen molar-refractivity contribution in [1.82, 2.24) is 30.5 Å². The number of tetrazole rings is 1. The third kappa shape index (κ3) is 5.16. The van der Waals surface area contributed by atoms with Gasteiger partial charge in [0.1, 0.15) is 0 Å². The van der Waals surface area contributed by atoms with Crippen LogP contribution in [-0.4, -0.2) is 48.9 Å². The second-order valence-corrected chi connectivity index (χ2v) is 7.73. The third-order valence-electron chi connectivity index (χ3n) is 4.22. The Morgan fingerprint density at radius 3 is 2.69 bits per heavy atom. The fourth-order valence-corrected chi connectivity index (χ4v) is 2.92. The molecule has 152 valence electrons. The molecule has 3 aromatic rings. The van der Waals surface area contributed by atoms with Crippen LogP contribution in [0.15, 0.2) is 36.5 Å². The van der Waals surface area contributed by atoms with Gasteiger partial charge < -0.3 is 10.4 Å². The van der Waals surface area contributed by atoms with Crippen LogP contribution in [0, 0.1) is 5.92 Å². The van der Waals surface area contributed by atoms with E-state index in [9.17, 15) is 9.90 Å². The number of nitrogens with zero attached hydrogens (tertiary/aromatic N) is 5. The highest BCUT2D eigenvalue weighted by Gasteiger charge is 2.16. The molecule has 2 N–H and O–H groups in total. The molecule has 0 saturated heterocycles. The number of amides is 1. The van der Waals surface area contributed by atoms with Gasteiger partial charge in [0.2, 0.25) is 0 Å². The fraction of sp³-hybridized carbons (Fsp3) is 0.350. The predicted molar refractivity (Wildman–Crippen MR) is 110 cm³/mol. The lowest BCUT2D eigenvalue weighted by Gasteiger charge is -2.14. The van der Waals surface area contributed by atoms with Crippen LogP contribution in [0.25, 0.3) is 16.9 Å². The number of hydrogen-bond acceptors (Lipinski definition) is 6. The Hall–Kier alpha value is -2.84. The van der Waals surface area contributed by atoms with E-state index < -0.39 is 0 Å². The fourth-order valence-electron chi connectivity index (χ4n) is 2.81. The molecule has 0 spiro atoms. The molecule has 1 atom stereocenters. The Balaban J connectivity index is 2.09. The maximum atomic E-state index is 12.7. The largest absolute Gasteiger partial charge is 0.394 e. The minimum atomic E-state index is -0.368. The Bertz CT molecular complexity index is 987. The van der Waals surface area contributed by atoms with Gasteiger partial charge in [0.25, 0.3) is 5.91 Å². The minimum Gasteiger partial charge on any atom is -0.394 e. The molecular formula is C20H23ClN6O2. The second-order valence-electron chi connectivity index (χ2n) is 7.29. The molecule has 0 aliphatic carbocycles. The molecule has 2 heterocycles. The normalized spacial score (nSPS) is 12.2. The number of benzene rings is 1. The SMILES string of the molecule is CC(C)Cc1nnnn1-c1cc(C(=O)N[C@@H](C)CO)cc(-c2ccc(Cl)cn2)c1. The van der Waals surface area contributed by atoms with Crippen molar-refractivity contribution in [3.8, 4) is 16.9 Å². The molecule has 0 unspecified atom stereocenters. The summed E-state index contributed by atoms with van der Waals surface area (Å²) in [6.07, 6.45) is 2.25. The first-order valence-corrected chi connectivity index (χ1v) is 9.71. The molecule has 9 heteroatoms. The highest BCUT2D eigenvalue weighted by atomic mass is 35.5. The molecule has 1 aromatic carbocycles. The average Bonchev–Trinajstić information content (AvgIpc) is 3.15. The van der Waals surface area contributed by atoms with Crippen molar-refractivity contribution in [3.05, 3.63) is 52.9 Å². The molecule has 0 saturated carbocycles. The molecule has 0 aliphatic rings. The van der Waals surface area contributed by atoms with Gasteiger partial charge in [0, 0.05) is 29.8 Å². The van der Waals surface area contributed by atoms with Crippen LogP contribution in [-0.2, 0) is 6.42 Å². The van der Waals surface area contributed by atoms with Crippen LogP contribution in [0.4, 0.5) is 0 Å². The second kappa shape index (κ2) is 9.11. The van der Waals surface area contributed by atoms with Crippen LogP contribution in [0.2, 0.25) is 5.02 Å². The van der Waals surface area contributed by atoms with Crippen LogP contribution < -0.4 is 5.32 Å². The highest BCUT2D eigenvalue weighted by molar-refractivity contribution is 6.30. The smallest absolute Gasteiger partial charge is 0.251 e. The summed E-state index contributed by atoms with van der Waals surface area (Å²) in [6.45, 7) is 5.75. The molecule has 0 bridgehead atoms. The van der Waals surface area contributed by atoms with Gasteiger partial charge in [-0.1, -0.05) is 25.4 Å². The quantitative estimate of drug-likeness (QED) is 0.615. The van der Waals surface area contributed by atoms with Gasteiger partial charge in [0.05, 0.1) is 23.0 Å². The van der Waals surface area contributed by atoms with Crippen molar-refractivity contribution in [2.75, 3.05) is 6.61 Å². The predicted octanol–water partition coefficient (Wildman–Crippen LogP) is 2.69. The van der Waals surface area contributed by atoms with Gasteiger partial charge in [0.15, 0.2) is 5.82 Å². The number of pyridine rings is 1. The average molecular weight is 415 g/mol. The first-order chi connectivity index (χ1) is 13.9. The van der Waals surface area contributed by atoms with Crippen molar-refractivity contribution >= 4 is 17.5 Å². The van der Waals surface area contributed by atoms with E-state index in [0.29, 0.717) is 40.1 Å². The summed E-state index contributed by atoms with van der Waals surface area (Å²) in [7, 11) is 0. The standard InChI is InChI=1S/C20H23ClN6O2/c1-12(2)6-19-24-25-26-27(19)17-8-14(18-5-4-16(21)10-22-18)7-15(9-17)20(29)23-13(3)11-28/h4-5,7-10,12-13,28H,6,11H2,1-3H3,(H,23,29)/t13-/m0/s1. The van der Waals surface area contributed by atoms with Crippen LogP contribution in [0.5, 0.6) is 0 Å². The zero-order valence-corrected chi connectivity index (χ0v) is 17.3. The Morgan fingerprint density at radius 2 is 2.03 bits per heavy atom. The van der Waals surface area contributed by atoms with Gasteiger partial charge in [-0.25, -0.2) is 0 Å². The van der Waals surface area contributed by atoms with E-state index in [4.69, 9.17) is 11.6 Å². The van der Waals surface area contributed by atoms with E-state index >= 15 is 0 Å². The number of aliphatic hydroxyl groups excluding tert-OH is 1. The van der Waals surface area contributed by atoms with Crippen molar-refractivity contribution in [2.24, 2.45) is 5.92 Å². The molecule has 0 aliphatic heterocycles. The van der Waals surface area contributed by atoms with E-state index in [-0.39, 0.29) is 18.6 Å². The Morgan fingerprint density at radius 1 is 1.24 bits per heavy atom. The summed E-state index contributed by atoms with van der Waals surface area (Å²) in [5, 5.41) is 24.6. The molecule has 29 heavy (non-hydrogen) atoms. The van der Waals surface area contributed by atoms with Crippen LogP contribution in [0.3, 0.4) is 0 Å². The molecule has 0 radical (unpaired) electrons. The van der Waals surface area contributed by atoms with Gasteiger partial charge in [-0.3, -0.25) is 9.78 Å². The number of aromatic nitrogens is 5. The molecule has 1 amide bonds.